The van der Waals surface area contributed by atoms with Gasteiger partial charge in [-0.3, -0.25) is 4.79 Å². The molecule has 0 radical (unpaired) electrons. The Kier molecular flexibility index (Phi) is 5.46. The Hall–Kier alpha value is -1.73. The van der Waals surface area contributed by atoms with Crippen LogP contribution in [0.25, 0.3) is 5.69 Å². The molecule has 7 heteroatoms. The molecule has 0 unspecified atom stereocenters. The predicted octanol–water partition coefficient (Wildman–Crippen LogP) is 2.47. The van der Waals surface area contributed by atoms with Crippen LogP contribution in [0.15, 0.2) is 36.0 Å². The van der Waals surface area contributed by atoms with Crippen molar-refractivity contribution in [2.75, 3.05) is 12.0 Å². The summed E-state index contributed by atoms with van der Waals surface area (Å²) in [6.45, 7) is 0. The van der Waals surface area contributed by atoms with E-state index in [0.717, 1.165) is 5.69 Å². The third-order valence-corrected chi connectivity index (χ3v) is 4.49. The van der Waals surface area contributed by atoms with E-state index >= 15 is 0 Å². The van der Waals surface area contributed by atoms with Crippen LogP contribution in [0.2, 0.25) is 0 Å². The van der Waals surface area contributed by atoms with E-state index < -0.39 is 12.0 Å². The van der Waals surface area contributed by atoms with E-state index in [1.807, 2.05) is 46.8 Å². The maximum atomic E-state index is 12.3. The van der Waals surface area contributed by atoms with Gasteiger partial charge in [-0.25, -0.2) is 4.79 Å². The molecule has 2 rings (SSSR count). The first-order valence-corrected chi connectivity index (χ1v) is 8.64. The van der Waals surface area contributed by atoms with Gasteiger partial charge in [-0.15, -0.1) is 11.3 Å². The highest BCUT2D eigenvalue weighted by Crippen LogP contribution is 2.21. The Morgan fingerprint density at radius 2 is 2.14 bits per heavy atom. The number of hydrogen-bond donors (Lipinski definition) is 2. The second-order valence-electron chi connectivity index (χ2n) is 4.37. The highest BCUT2D eigenvalue weighted by Gasteiger charge is 2.22. The molecule has 0 spiro atoms. The first-order chi connectivity index (χ1) is 10.1. The van der Waals surface area contributed by atoms with Crippen molar-refractivity contribution in [2.24, 2.45) is 0 Å². The second kappa shape index (κ2) is 7.33. The molecular weight excluding hydrogens is 308 g/mol. The highest BCUT2D eigenvalue weighted by molar-refractivity contribution is 7.98. The summed E-state index contributed by atoms with van der Waals surface area (Å²) in [5.41, 5.74) is 0.761. The lowest BCUT2D eigenvalue weighted by molar-refractivity contribution is -0.139. The number of amides is 1. The van der Waals surface area contributed by atoms with Gasteiger partial charge in [-0.1, -0.05) is 0 Å². The number of carbonyl (C=O) groups excluding carboxylic acids is 1. The van der Waals surface area contributed by atoms with Gasteiger partial charge in [0, 0.05) is 12.4 Å². The van der Waals surface area contributed by atoms with E-state index in [1.54, 1.807) is 11.8 Å². The van der Waals surface area contributed by atoms with E-state index in [0.29, 0.717) is 17.1 Å². The Morgan fingerprint density at radius 1 is 1.43 bits per heavy atom. The van der Waals surface area contributed by atoms with E-state index in [9.17, 15) is 14.7 Å². The Balaban J connectivity index is 2.13. The van der Waals surface area contributed by atoms with Gasteiger partial charge >= 0.3 is 5.97 Å². The minimum Gasteiger partial charge on any atom is -0.480 e. The van der Waals surface area contributed by atoms with Crippen molar-refractivity contribution in [1.29, 1.82) is 0 Å². The number of thiophene rings is 1. The molecule has 0 saturated heterocycles. The molecule has 1 atom stereocenters. The number of carboxylic acids is 1. The summed E-state index contributed by atoms with van der Waals surface area (Å²) in [5, 5.41) is 13.6. The number of thioether (sulfide) groups is 1. The number of carboxylic acid groups (broad SMARTS) is 1. The van der Waals surface area contributed by atoms with Crippen molar-refractivity contribution >= 4 is 35.0 Å². The normalized spacial score (nSPS) is 12.0. The lowest BCUT2D eigenvalue weighted by Gasteiger charge is -2.14. The van der Waals surface area contributed by atoms with Gasteiger partial charge in [0.05, 0.1) is 5.69 Å². The fourth-order valence-electron chi connectivity index (χ4n) is 1.89. The van der Waals surface area contributed by atoms with Gasteiger partial charge in [0.1, 0.15) is 10.9 Å². The van der Waals surface area contributed by atoms with Crippen LogP contribution in [0.3, 0.4) is 0 Å². The van der Waals surface area contributed by atoms with Crippen molar-refractivity contribution in [2.45, 2.75) is 12.5 Å². The Morgan fingerprint density at radius 3 is 2.76 bits per heavy atom. The summed E-state index contributed by atoms with van der Waals surface area (Å²) in [5.74, 6) is -0.662. The molecule has 0 saturated carbocycles. The SMILES string of the molecule is CSCC[C@@H](NC(=O)c1sccc1-n1cccc1)C(=O)O. The second-order valence-corrected chi connectivity index (χ2v) is 6.27. The Labute approximate surface area is 131 Å². The van der Waals surface area contributed by atoms with Gasteiger partial charge in [-0.05, 0) is 42.0 Å². The fourth-order valence-corrected chi connectivity index (χ4v) is 3.15. The topological polar surface area (TPSA) is 71.3 Å². The van der Waals surface area contributed by atoms with Gasteiger partial charge in [0.15, 0.2) is 0 Å². The number of aromatic nitrogens is 1. The van der Waals surface area contributed by atoms with Crippen LogP contribution in [0.1, 0.15) is 16.1 Å². The summed E-state index contributed by atoms with van der Waals surface area (Å²) >= 11 is 2.86. The molecule has 2 heterocycles. The maximum absolute atomic E-state index is 12.3. The van der Waals surface area contributed by atoms with Gasteiger partial charge < -0.3 is 15.0 Å². The van der Waals surface area contributed by atoms with Crippen LogP contribution >= 0.6 is 23.1 Å². The minimum atomic E-state index is -1.00. The number of nitrogens with one attached hydrogen (secondary N) is 1. The fraction of sp³-hybridized carbons (Fsp3) is 0.286. The number of hydrogen-bond acceptors (Lipinski definition) is 4. The molecule has 21 heavy (non-hydrogen) atoms. The zero-order valence-corrected chi connectivity index (χ0v) is 13.1. The van der Waals surface area contributed by atoms with Gasteiger partial charge in [0.2, 0.25) is 0 Å². The summed E-state index contributed by atoms with van der Waals surface area (Å²) in [6.07, 6.45) is 6.01. The van der Waals surface area contributed by atoms with Crippen LogP contribution in [0, 0.1) is 0 Å². The van der Waals surface area contributed by atoms with E-state index in [1.165, 1.54) is 11.3 Å². The molecule has 2 aromatic heterocycles. The molecule has 5 nitrogen and oxygen atoms in total. The molecule has 0 aliphatic carbocycles. The first kappa shape index (κ1) is 15.7. The lowest BCUT2D eigenvalue weighted by atomic mass is 10.2. The average molecular weight is 324 g/mol. The average Bonchev–Trinajstić information content (AvgIpc) is 3.11. The maximum Gasteiger partial charge on any atom is 0.326 e. The molecule has 0 aliphatic rings. The van der Waals surface area contributed by atoms with Crippen LogP contribution in [0.5, 0.6) is 0 Å². The zero-order chi connectivity index (χ0) is 15.2. The monoisotopic (exact) mass is 324 g/mol. The molecule has 0 bridgehead atoms. The molecule has 0 aromatic carbocycles. The summed E-state index contributed by atoms with van der Waals surface area (Å²) < 4.78 is 1.84. The van der Waals surface area contributed by atoms with Crippen molar-refractivity contribution < 1.29 is 14.7 Å². The number of nitrogens with zero attached hydrogens (tertiary/aromatic N) is 1. The quantitative estimate of drug-likeness (QED) is 0.821. The van der Waals surface area contributed by atoms with E-state index in [2.05, 4.69) is 5.32 Å². The van der Waals surface area contributed by atoms with Crippen molar-refractivity contribution in [1.82, 2.24) is 9.88 Å². The molecule has 0 fully saturated rings. The largest absolute Gasteiger partial charge is 0.480 e. The summed E-state index contributed by atoms with van der Waals surface area (Å²) in [7, 11) is 0. The smallest absolute Gasteiger partial charge is 0.326 e. The summed E-state index contributed by atoms with van der Waals surface area (Å²) in [6, 6.07) is 4.73. The molecular formula is C14H16N2O3S2. The van der Waals surface area contributed by atoms with Gasteiger partial charge in [0.25, 0.3) is 5.91 Å². The van der Waals surface area contributed by atoms with Crippen LogP contribution < -0.4 is 5.32 Å². The van der Waals surface area contributed by atoms with Crippen LogP contribution in [0.4, 0.5) is 0 Å². The standard InChI is InChI=1S/C14H16N2O3S2/c1-20-8-4-10(14(18)19)15-13(17)12-11(5-9-21-12)16-6-2-3-7-16/h2-3,5-7,9-10H,4,8H2,1H3,(H,15,17)(H,18,19)/t10-/m1/s1. The van der Waals surface area contributed by atoms with Gasteiger partial charge in [-0.2, -0.15) is 11.8 Å². The highest BCUT2D eigenvalue weighted by atomic mass is 32.2. The molecule has 1 amide bonds. The number of rotatable bonds is 7. The zero-order valence-electron chi connectivity index (χ0n) is 11.5. The molecule has 2 aromatic rings. The van der Waals surface area contributed by atoms with Crippen molar-refractivity contribution in [3.05, 3.63) is 40.8 Å². The third kappa shape index (κ3) is 3.89. The van der Waals surface area contributed by atoms with Crippen molar-refractivity contribution in [3.63, 3.8) is 0 Å². The minimum absolute atomic E-state index is 0.345. The third-order valence-electron chi connectivity index (χ3n) is 2.95. The van der Waals surface area contributed by atoms with E-state index in [4.69, 9.17) is 0 Å². The van der Waals surface area contributed by atoms with Crippen LogP contribution in [-0.4, -0.2) is 39.6 Å². The number of aliphatic carboxylic acids is 1. The molecule has 112 valence electrons. The van der Waals surface area contributed by atoms with Crippen molar-refractivity contribution in [3.8, 4) is 5.69 Å². The molecule has 0 aliphatic heterocycles. The van der Waals surface area contributed by atoms with Crippen LogP contribution in [-0.2, 0) is 4.79 Å². The summed E-state index contributed by atoms with van der Waals surface area (Å²) in [4.78, 5) is 24.0. The number of carbonyl (C=O) groups is 2. The lowest BCUT2D eigenvalue weighted by Crippen LogP contribution is -2.41. The first-order valence-electron chi connectivity index (χ1n) is 6.37. The molecule has 2 N–H and O–H groups in total. The Bertz CT molecular complexity index is 608. The predicted molar refractivity (Wildman–Crippen MR) is 85.5 cm³/mol. The van der Waals surface area contributed by atoms with E-state index in [-0.39, 0.29) is 5.91 Å².